The minimum Gasteiger partial charge on any atom is -0.0610 e. The van der Waals surface area contributed by atoms with Crippen LogP contribution in [0.15, 0.2) is 97.1 Å². The predicted molar refractivity (Wildman–Crippen MR) is 189 cm³/mol. The molecule has 222 valence electrons. The van der Waals surface area contributed by atoms with Gasteiger partial charge in [-0.05, 0) is 95.5 Å². The summed E-state index contributed by atoms with van der Waals surface area (Å²) in [7, 11) is 0. The Kier molecular flexibility index (Phi) is 6.10. The molecule has 0 atom stereocenters. The molecule has 44 heavy (non-hydrogen) atoms. The highest BCUT2D eigenvalue weighted by Crippen LogP contribution is 2.65. The van der Waals surface area contributed by atoms with Crippen LogP contribution >= 0.6 is 0 Å². The first-order chi connectivity index (χ1) is 20.6. The summed E-state index contributed by atoms with van der Waals surface area (Å²) in [6, 6.07) is 38.2. The van der Waals surface area contributed by atoms with E-state index in [1.807, 2.05) is 0 Å². The van der Waals surface area contributed by atoms with E-state index in [4.69, 9.17) is 0 Å². The standard InChI is InChI=1S/C44H46/c1-27-14-16-28(17-15-27)32-12-11-13-36-35-23-20-31(43(8,9)10)26-39(35)44(40(32)36)37-24-29(41(2,3)4)18-21-33(37)34-22-19-30(25-38(34)44)42(5,6)7/h11-26H,1-10H3. The minimum atomic E-state index is -0.416. The van der Waals surface area contributed by atoms with Gasteiger partial charge in [-0.3, -0.25) is 0 Å². The topological polar surface area (TPSA) is 0 Å². The maximum absolute atomic E-state index is 2.56. The fraction of sp³-hybridized carbons (Fsp3) is 0.318. The number of rotatable bonds is 1. The number of hydrogen-bond donors (Lipinski definition) is 0. The first kappa shape index (κ1) is 28.8. The molecule has 0 unspecified atom stereocenters. The molecule has 0 fully saturated rings. The molecule has 0 aromatic heterocycles. The summed E-state index contributed by atoms with van der Waals surface area (Å²) >= 11 is 0. The molecule has 0 nitrogen and oxygen atoms in total. The Morgan fingerprint density at radius 3 is 1.20 bits per heavy atom. The van der Waals surface area contributed by atoms with E-state index in [-0.39, 0.29) is 16.2 Å². The molecule has 0 heteroatoms. The van der Waals surface area contributed by atoms with E-state index in [0.29, 0.717) is 0 Å². The van der Waals surface area contributed by atoms with Crippen LogP contribution < -0.4 is 0 Å². The van der Waals surface area contributed by atoms with Gasteiger partial charge in [0.05, 0.1) is 5.41 Å². The van der Waals surface area contributed by atoms with Crippen molar-refractivity contribution in [3.8, 4) is 33.4 Å². The van der Waals surface area contributed by atoms with E-state index >= 15 is 0 Å². The average molecular weight is 575 g/mol. The van der Waals surface area contributed by atoms with Crippen LogP contribution in [0.4, 0.5) is 0 Å². The van der Waals surface area contributed by atoms with Crippen LogP contribution in [0.1, 0.15) is 107 Å². The monoisotopic (exact) mass is 574 g/mol. The molecule has 2 aliphatic rings. The van der Waals surface area contributed by atoms with Gasteiger partial charge in [0, 0.05) is 0 Å². The van der Waals surface area contributed by atoms with Gasteiger partial charge in [0.15, 0.2) is 0 Å². The Morgan fingerprint density at radius 2 is 0.795 bits per heavy atom. The van der Waals surface area contributed by atoms with Crippen molar-refractivity contribution in [2.45, 2.75) is 90.9 Å². The molecule has 5 aromatic carbocycles. The maximum atomic E-state index is 2.56. The number of hydrogen-bond acceptors (Lipinski definition) is 0. The molecule has 5 aromatic rings. The molecule has 0 N–H and O–H groups in total. The third-order valence-corrected chi connectivity index (χ3v) is 10.3. The summed E-state index contributed by atoms with van der Waals surface area (Å²) in [5, 5.41) is 0. The van der Waals surface area contributed by atoms with E-state index in [1.54, 1.807) is 0 Å². The second-order valence-electron chi connectivity index (χ2n) is 16.4. The lowest BCUT2D eigenvalue weighted by Gasteiger charge is -2.35. The van der Waals surface area contributed by atoms with Gasteiger partial charge >= 0.3 is 0 Å². The van der Waals surface area contributed by atoms with E-state index in [1.165, 1.54) is 77.9 Å². The molecule has 0 radical (unpaired) electrons. The van der Waals surface area contributed by atoms with Crippen molar-refractivity contribution in [3.63, 3.8) is 0 Å². The van der Waals surface area contributed by atoms with Crippen molar-refractivity contribution in [3.05, 3.63) is 142 Å². The van der Waals surface area contributed by atoms with Crippen LogP contribution in [0.2, 0.25) is 0 Å². The zero-order chi connectivity index (χ0) is 31.4. The molecule has 0 aliphatic heterocycles. The summed E-state index contributed by atoms with van der Waals surface area (Å²) in [6.07, 6.45) is 0. The smallest absolute Gasteiger partial charge is 0.0610 e. The van der Waals surface area contributed by atoms with Crippen LogP contribution in [0, 0.1) is 6.92 Å². The van der Waals surface area contributed by atoms with Gasteiger partial charge < -0.3 is 0 Å². The Labute approximate surface area is 265 Å². The van der Waals surface area contributed by atoms with Gasteiger partial charge in [-0.15, -0.1) is 0 Å². The summed E-state index contributed by atoms with van der Waals surface area (Å²) in [5.41, 5.74) is 18.9. The molecule has 7 rings (SSSR count). The van der Waals surface area contributed by atoms with Crippen LogP contribution in [-0.2, 0) is 21.7 Å². The first-order valence-corrected chi connectivity index (χ1v) is 16.3. The second kappa shape index (κ2) is 9.31. The van der Waals surface area contributed by atoms with E-state index < -0.39 is 5.41 Å². The lowest BCUT2D eigenvalue weighted by molar-refractivity contribution is 0.584. The molecular weight excluding hydrogens is 528 g/mol. The largest absolute Gasteiger partial charge is 0.0731 e. The fourth-order valence-electron chi connectivity index (χ4n) is 7.66. The number of aryl methyl sites for hydroxylation is 1. The molecule has 1 spiro atoms. The van der Waals surface area contributed by atoms with Gasteiger partial charge in [0.1, 0.15) is 0 Å². The van der Waals surface area contributed by atoms with E-state index in [2.05, 4.69) is 166 Å². The number of benzene rings is 5. The van der Waals surface area contributed by atoms with Crippen molar-refractivity contribution in [1.82, 2.24) is 0 Å². The van der Waals surface area contributed by atoms with Crippen LogP contribution in [0.3, 0.4) is 0 Å². The lowest BCUT2D eigenvalue weighted by atomic mass is 9.66. The Morgan fingerprint density at radius 1 is 0.409 bits per heavy atom. The molecule has 2 aliphatic carbocycles. The quantitative estimate of drug-likeness (QED) is 0.183. The lowest BCUT2D eigenvalue weighted by Crippen LogP contribution is -2.28. The summed E-state index contributed by atoms with van der Waals surface area (Å²) in [6.45, 7) is 23.2. The molecule has 0 bridgehead atoms. The highest BCUT2D eigenvalue weighted by atomic mass is 14.5. The Balaban J connectivity index is 1.71. The SMILES string of the molecule is Cc1ccc(-c2cccc3c2C2(c4cc(C(C)(C)C)ccc4-c4ccc(C(C)(C)C)cc42)c2cc(C(C)(C)C)ccc2-3)cc1. The zero-order valence-corrected chi connectivity index (χ0v) is 28.2. The third-order valence-electron chi connectivity index (χ3n) is 10.3. The van der Waals surface area contributed by atoms with Crippen molar-refractivity contribution >= 4 is 0 Å². The summed E-state index contributed by atoms with van der Waals surface area (Å²) < 4.78 is 0. The molecule has 0 heterocycles. The van der Waals surface area contributed by atoms with Gasteiger partial charge in [-0.2, -0.15) is 0 Å². The van der Waals surface area contributed by atoms with Gasteiger partial charge in [-0.1, -0.05) is 165 Å². The molecular formula is C44H46. The van der Waals surface area contributed by atoms with Gasteiger partial charge in [0.2, 0.25) is 0 Å². The van der Waals surface area contributed by atoms with Crippen LogP contribution in [-0.4, -0.2) is 0 Å². The van der Waals surface area contributed by atoms with Crippen LogP contribution in [0.5, 0.6) is 0 Å². The number of fused-ring (bicyclic) bond motifs is 10. The zero-order valence-electron chi connectivity index (χ0n) is 28.2. The fourth-order valence-corrected chi connectivity index (χ4v) is 7.66. The minimum absolute atomic E-state index is 0.0373. The van der Waals surface area contributed by atoms with E-state index in [0.717, 1.165) is 0 Å². The predicted octanol–water partition coefficient (Wildman–Crippen LogP) is 11.9. The second-order valence-corrected chi connectivity index (χ2v) is 16.4. The summed E-state index contributed by atoms with van der Waals surface area (Å²) in [4.78, 5) is 0. The average Bonchev–Trinajstić information content (AvgIpc) is 3.42. The van der Waals surface area contributed by atoms with Gasteiger partial charge in [0.25, 0.3) is 0 Å². The molecule has 0 saturated heterocycles. The Bertz CT molecular complexity index is 1840. The highest BCUT2D eigenvalue weighted by molar-refractivity contribution is 5.99. The molecule has 0 amide bonds. The van der Waals surface area contributed by atoms with E-state index in [9.17, 15) is 0 Å². The van der Waals surface area contributed by atoms with Crippen molar-refractivity contribution in [1.29, 1.82) is 0 Å². The summed E-state index contributed by atoms with van der Waals surface area (Å²) in [5.74, 6) is 0. The highest BCUT2D eigenvalue weighted by Gasteiger charge is 2.53. The maximum Gasteiger partial charge on any atom is 0.0731 e. The first-order valence-electron chi connectivity index (χ1n) is 16.3. The van der Waals surface area contributed by atoms with Crippen molar-refractivity contribution in [2.24, 2.45) is 0 Å². The molecule has 0 saturated carbocycles. The van der Waals surface area contributed by atoms with Crippen molar-refractivity contribution < 1.29 is 0 Å². The normalized spacial score (nSPS) is 14.8. The van der Waals surface area contributed by atoms with Crippen molar-refractivity contribution in [2.75, 3.05) is 0 Å². The van der Waals surface area contributed by atoms with Gasteiger partial charge in [-0.25, -0.2) is 0 Å². The van der Waals surface area contributed by atoms with Crippen LogP contribution in [0.25, 0.3) is 33.4 Å². The third kappa shape index (κ3) is 4.10. The Hall–Kier alpha value is -3.90.